The summed E-state index contributed by atoms with van der Waals surface area (Å²) in [4.78, 5) is 28.8. The molecule has 0 aromatic carbocycles. The molecule has 0 atom stereocenters. The summed E-state index contributed by atoms with van der Waals surface area (Å²) >= 11 is 0. The summed E-state index contributed by atoms with van der Waals surface area (Å²) in [5.41, 5.74) is -0.841. The average molecular weight is 238 g/mol. The average Bonchev–Trinajstić information content (AvgIpc) is 2.73. The zero-order valence-electron chi connectivity index (χ0n) is 9.77. The SMILES string of the molecule is CC1(C)NC(=O)CN(CCc2ncon2)C1=O. The van der Waals surface area contributed by atoms with Gasteiger partial charge in [-0.05, 0) is 13.8 Å². The molecule has 7 nitrogen and oxygen atoms in total. The lowest BCUT2D eigenvalue weighted by atomic mass is 10.0. The molecule has 17 heavy (non-hydrogen) atoms. The van der Waals surface area contributed by atoms with Crippen LogP contribution in [0, 0.1) is 0 Å². The van der Waals surface area contributed by atoms with Crippen LogP contribution in [0.3, 0.4) is 0 Å². The van der Waals surface area contributed by atoms with E-state index in [1.54, 1.807) is 13.8 Å². The highest BCUT2D eigenvalue weighted by Gasteiger charge is 2.38. The van der Waals surface area contributed by atoms with Gasteiger partial charge in [-0.15, -0.1) is 0 Å². The van der Waals surface area contributed by atoms with E-state index in [4.69, 9.17) is 0 Å². The van der Waals surface area contributed by atoms with Gasteiger partial charge in [0.2, 0.25) is 18.2 Å². The molecule has 1 aliphatic heterocycles. The molecular formula is C10H14N4O3. The van der Waals surface area contributed by atoms with E-state index in [9.17, 15) is 9.59 Å². The van der Waals surface area contributed by atoms with Gasteiger partial charge >= 0.3 is 0 Å². The van der Waals surface area contributed by atoms with Gasteiger partial charge in [-0.3, -0.25) is 9.59 Å². The van der Waals surface area contributed by atoms with Crippen molar-refractivity contribution in [3.8, 4) is 0 Å². The standard InChI is InChI=1S/C10H14N4O3/c1-10(2)9(16)14(5-8(15)12-10)4-3-7-11-6-17-13-7/h6H,3-5H2,1-2H3,(H,12,15). The normalized spacial score (nSPS) is 19.3. The molecule has 1 fully saturated rings. The Balaban J connectivity index is 2.00. The molecule has 7 heteroatoms. The summed E-state index contributed by atoms with van der Waals surface area (Å²) in [7, 11) is 0. The van der Waals surface area contributed by atoms with Crippen molar-refractivity contribution in [3.63, 3.8) is 0 Å². The first-order valence-electron chi connectivity index (χ1n) is 5.35. The maximum Gasteiger partial charge on any atom is 0.248 e. The Kier molecular flexibility index (Phi) is 2.83. The molecule has 1 aromatic rings. The minimum Gasteiger partial charge on any atom is -0.343 e. The predicted octanol–water partition coefficient (Wildman–Crippen LogP) is -0.651. The molecular weight excluding hydrogens is 224 g/mol. The van der Waals surface area contributed by atoms with Crippen LogP contribution in [0.1, 0.15) is 19.7 Å². The van der Waals surface area contributed by atoms with Gasteiger partial charge in [0.25, 0.3) is 0 Å². The van der Waals surface area contributed by atoms with Crippen LogP contribution < -0.4 is 5.32 Å². The number of piperazine rings is 1. The smallest absolute Gasteiger partial charge is 0.248 e. The van der Waals surface area contributed by atoms with Gasteiger partial charge < -0.3 is 14.7 Å². The second kappa shape index (κ2) is 4.15. The Morgan fingerprint density at radius 3 is 2.94 bits per heavy atom. The van der Waals surface area contributed by atoms with Crippen LogP contribution in [0.2, 0.25) is 0 Å². The number of carbonyl (C=O) groups excluding carboxylic acids is 2. The number of nitrogens with one attached hydrogen (secondary N) is 1. The van der Waals surface area contributed by atoms with Crippen LogP contribution in [0.5, 0.6) is 0 Å². The summed E-state index contributed by atoms with van der Waals surface area (Å²) in [5.74, 6) is 0.282. The molecule has 1 N–H and O–H groups in total. The van der Waals surface area contributed by atoms with Crippen molar-refractivity contribution in [2.45, 2.75) is 25.8 Å². The maximum absolute atomic E-state index is 12.0. The zero-order chi connectivity index (χ0) is 12.5. The Labute approximate surface area is 98.2 Å². The molecule has 0 radical (unpaired) electrons. The van der Waals surface area contributed by atoms with Crippen molar-refractivity contribution in [3.05, 3.63) is 12.2 Å². The largest absolute Gasteiger partial charge is 0.343 e. The van der Waals surface area contributed by atoms with Crippen LogP contribution in [-0.2, 0) is 16.0 Å². The van der Waals surface area contributed by atoms with E-state index in [1.807, 2.05) is 0 Å². The highest BCUT2D eigenvalue weighted by molar-refractivity contribution is 5.97. The van der Waals surface area contributed by atoms with E-state index in [0.717, 1.165) is 0 Å². The molecule has 0 aliphatic carbocycles. The van der Waals surface area contributed by atoms with Crippen molar-refractivity contribution in [1.82, 2.24) is 20.4 Å². The molecule has 0 unspecified atom stereocenters. The van der Waals surface area contributed by atoms with Crippen LogP contribution in [-0.4, -0.2) is 45.5 Å². The molecule has 1 aliphatic rings. The number of hydrogen-bond donors (Lipinski definition) is 1. The minimum atomic E-state index is -0.841. The number of amides is 2. The Morgan fingerprint density at radius 2 is 2.29 bits per heavy atom. The third-order valence-corrected chi connectivity index (χ3v) is 2.62. The Hall–Kier alpha value is -1.92. The molecule has 92 valence electrons. The van der Waals surface area contributed by atoms with E-state index >= 15 is 0 Å². The molecule has 0 saturated carbocycles. The van der Waals surface area contributed by atoms with Gasteiger partial charge in [-0.25, -0.2) is 0 Å². The molecule has 0 spiro atoms. The monoisotopic (exact) mass is 238 g/mol. The van der Waals surface area contributed by atoms with Crippen LogP contribution in [0.15, 0.2) is 10.9 Å². The summed E-state index contributed by atoms with van der Waals surface area (Å²) in [6.45, 7) is 3.87. The highest BCUT2D eigenvalue weighted by atomic mass is 16.5. The lowest BCUT2D eigenvalue weighted by molar-refractivity contribution is -0.148. The lowest BCUT2D eigenvalue weighted by Crippen LogP contribution is -2.64. The van der Waals surface area contributed by atoms with Crippen molar-refractivity contribution < 1.29 is 14.1 Å². The van der Waals surface area contributed by atoms with Crippen molar-refractivity contribution >= 4 is 11.8 Å². The fraction of sp³-hybridized carbons (Fsp3) is 0.600. The molecule has 2 rings (SSSR count). The predicted molar refractivity (Wildman–Crippen MR) is 56.8 cm³/mol. The zero-order valence-corrected chi connectivity index (χ0v) is 9.77. The number of hydrogen-bond acceptors (Lipinski definition) is 5. The number of nitrogens with zero attached hydrogens (tertiary/aromatic N) is 3. The van der Waals surface area contributed by atoms with Gasteiger partial charge in [0.1, 0.15) is 5.54 Å². The Bertz CT molecular complexity index is 427. The third kappa shape index (κ3) is 2.43. The number of aromatic nitrogens is 2. The fourth-order valence-corrected chi connectivity index (χ4v) is 1.80. The van der Waals surface area contributed by atoms with Crippen LogP contribution >= 0.6 is 0 Å². The summed E-state index contributed by atoms with van der Waals surface area (Å²) in [5, 5.41) is 6.31. The Morgan fingerprint density at radius 1 is 1.53 bits per heavy atom. The second-order valence-corrected chi connectivity index (χ2v) is 4.50. The molecule has 2 amide bonds. The molecule has 1 saturated heterocycles. The summed E-state index contributed by atoms with van der Waals surface area (Å²) in [6.07, 6.45) is 1.72. The van der Waals surface area contributed by atoms with Gasteiger partial charge in [-0.1, -0.05) is 5.16 Å². The van der Waals surface area contributed by atoms with E-state index in [2.05, 4.69) is 20.0 Å². The van der Waals surface area contributed by atoms with Crippen LogP contribution in [0.4, 0.5) is 0 Å². The summed E-state index contributed by atoms with van der Waals surface area (Å²) in [6, 6.07) is 0. The maximum atomic E-state index is 12.0. The van der Waals surface area contributed by atoms with E-state index in [1.165, 1.54) is 11.3 Å². The topological polar surface area (TPSA) is 88.3 Å². The fourth-order valence-electron chi connectivity index (χ4n) is 1.80. The van der Waals surface area contributed by atoms with Gasteiger partial charge in [-0.2, -0.15) is 4.98 Å². The van der Waals surface area contributed by atoms with E-state index in [-0.39, 0.29) is 18.4 Å². The molecule has 0 bridgehead atoms. The van der Waals surface area contributed by atoms with Crippen molar-refractivity contribution in [2.24, 2.45) is 0 Å². The first kappa shape index (κ1) is 11.6. The van der Waals surface area contributed by atoms with Gasteiger partial charge in [0.15, 0.2) is 5.82 Å². The van der Waals surface area contributed by atoms with E-state index in [0.29, 0.717) is 18.8 Å². The number of carbonyl (C=O) groups is 2. The second-order valence-electron chi connectivity index (χ2n) is 4.50. The minimum absolute atomic E-state index is 0.0834. The van der Waals surface area contributed by atoms with E-state index < -0.39 is 5.54 Å². The third-order valence-electron chi connectivity index (χ3n) is 2.62. The number of rotatable bonds is 3. The first-order valence-corrected chi connectivity index (χ1v) is 5.35. The molecule has 2 heterocycles. The van der Waals surface area contributed by atoms with Gasteiger partial charge in [0, 0.05) is 13.0 Å². The van der Waals surface area contributed by atoms with Crippen LogP contribution in [0.25, 0.3) is 0 Å². The molecule has 1 aromatic heterocycles. The van der Waals surface area contributed by atoms with Crippen molar-refractivity contribution in [2.75, 3.05) is 13.1 Å². The highest BCUT2D eigenvalue weighted by Crippen LogP contribution is 2.13. The van der Waals surface area contributed by atoms with Gasteiger partial charge in [0.05, 0.1) is 6.54 Å². The quantitative estimate of drug-likeness (QED) is 0.755. The first-order chi connectivity index (χ1) is 7.99. The van der Waals surface area contributed by atoms with Crippen molar-refractivity contribution in [1.29, 1.82) is 0 Å². The lowest BCUT2D eigenvalue weighted by Gasteiger charge is -2.37. The summed E-state index contributed by atoms with van der Waals surface area (Å²) < 4.78 is 4.60.